The summed E-state index contributed by atoms with van der Waals surface area (Å²) in [5, 5.41) is 9.19. The summed E-state index contributed by atoms with van der Waals surface area (Å²) in [5.41, 5.74) is 6.05. The number of anilines is 1. The maximum atomic E-state index is 12.0. The molecule has 1 saturated heterocycles. The van der Waals surface area contributed by atoms with Crippen LogP contribution in [0.2, 0.25) is 0 Å². The van der Waals surface area contributed by atoms with E-state index in [2.05, 4.69) is 4.98 Å². The van der Waals surface area contributed by atoms with E-state index in [0.29, 0.717) is 6.42 Å². The highest BCUT2D eigenvalue weighted by molar-refractivity contribution is 5.28. The number of aliphatic hydroxyl groups is 1. The van der Waals surface area contributed by atoms with Crippen molar-refractivity contribution in [2.24, 2.45) is 0 Å². The van der Waals surface area contributed by atoms with Crippen LogP contribution in [0.4, 0.5) is 5.82 Å². The van der Waals surface area contributed by atoms with E-state index in [-0.39, 0.29) is 30.7 Å². The summed E-state index contributed by atoms with van der Waals surface area (Å²) >= 11 is 0. The molecule has 7 heteroatoms. The lowest BCUT2D eigenvalue weighted by Gasteiger charge is -2.22. The molecule has 114 valence electrons. The number of nitrogen functional groups attached to an aromatic ring is 1. The van der Waals surface area contributed by atoms with E-state index in [0.717, 1.165) is 5.57 Å². The molecular weight excluding hydrogens is 274 g/mol. The van der Waals surface area contributed by atoms with Gasteiger partial charge in [0.2, 0.25) is 0 Å². The number of aromatic nitrogens is 2. The molecule has 2 heterocycles. The third kappa shape index (κ3) is 2.48. The summed E-state index contributed by atoms with van der Waals surface area (Å²) in [4.78, 5) is 15.8. The monoisotopic (exact) mass is 293 g/mol. The van der Waals surface area contributed by atoms with Gasteiger partial charge in [0.25, 0.3) is 0 Å². The number of aliphatic hydroxyl groups excluding tert-OH is 1. The van der Waals surface area contributed by atoms with Crippen molar-refractivity contribution in [3.8, 4) is 0 Å². The summed E-state index contributed by atoms with van der Waals surface area (Å²) in [6.07, 6.45) is 3.47. The molecule has 2 aliphatic rings. The van der Waals surface area contributed by atoms with E-state index in [1.807, 2.05) is 19.9 Å². The van der Waals surface area contributed by atoms with Gasteiger partial charge in [-0.1, -0.05) is 6.08 Å². The highest BCUT2D eigenvalue weighted by Crippen LogP contribution is 2.43. The number of hydrogen-bond donors (Lipinski definition) is 2. The van der Waals surface area contributed by atoms with Crippen LogP contribution in [0.25, 0.3) is 0 Å². The first-order valence-corrected chi connectivity index (χ1v) is 6.93. The normalized spacial score (nSPS) is 30.2. The van der Waals surface area contributed by atoms with Crippen molar-refractivity contribution in [3.63, 3.8) is 0 Å². The minimum absolute atomic E-state index is 0.0282. The Hall–Kier alpha value is -1.70. The van der Waals surface area contributed by atoms with Crippen LogP contribution in [0, 0.1) is 0 Å². The van der Waals surface area contributed by atoms with Crippen molar-refractivity contribution in [2.75, 3.05) is 12.3 Å². The van der Waals surface area contributed by atoms with Crippen molar-refractivity contribution in [2.45, 2.75) is 44.3 Å². The van der Waals surface area contributed by atoms with Crippen LogP contribution < -0.4 is 11.4 Å². The Kier molecular flexibility index (Phi) is 3.35. The van der Waals surface area contributed by atoms with Gasteiger partial charge in [-0.05, 0) is 31.9 Å². The fourth-order valence-electron chi connectivity index (χ4n) is 2.98. The number of rotatable bonds is 3. The molecule has 3 atom stereocenters. The molecule has 1 aromatic heterocycles. The second-order valence-electron chi connectivity index (χ2n) is 5.77. The van der Waals surface area contributed by atoms with Gasteiger partial charge in [-0.25, -0.2) is 4.79 Å². The van der Waals surface area contributed by atoms with Crippen LogP contribution >= 0.6 is 0 Å². The third-order valence-electron chi connectivity index (χ3n) is 3.79. The predicted octanol–water partition coefficient (Wildman–Crippen LogP) is 0.209. The SMILES string of the molecule is CC1(C)O[C@@H]2[C@H](O1)C(CCO)=C[C@H]2n1ccc(N)nc1=O. The van der Waals surface area contributed by atoms with E-state index in [1.54, 1.807) is 12.3 Å². The molecule has 7 nitrogen and oxygen atoms in total. The van der Waals surface area contributed by atoms with E-state index in [9.17, 15) is 9.90 Å². The van der Waals surface area contributed by atoms with Crippen LogP contribution in [-0.2, 0) is 9.47 Å². The predicted molar refractivity (Wildman–Crippen MR) is 75.6 cm³/mol. The van der Waals surface area contributed by atoms with Gasteiger partial charge in [0.15, 0.2) is 5.79 Å². The van der Waals surface area contributed by atoms with Gasteiger partial charge in [-0.15, -0.1) is 0 Å². The number of hydrogen-bond acceptors (Lipinski definition) is 6. The molecule has 0 amide bonds. The van der Waals surface area contributed by atoms with Crippen molar-refractivity contribution in [1.29, 1.82) is 0 Å². The fourth-order valence-corrected chi connectivity index (χ4v) is 2.98. The zero-order valence-corrected chi connectivity index (χ0v) is 12.0. The first kappa shape index (κ1) is 14.2. The lowest BCUT2D eigenvalue weighted by Crippen LogP contribution is -2.34. The highest BCUT2D eigenvalue weighted by atomic mass is 16.8. The molecular formula is C14H19N3O4. The summed E-state index contributed by atoms with van der Waals surface area (Å²) in [7, 11) is 0. The zero-order chi connectivity index (χ0) is 15.2. The quantitative estimate of drug-likeness (QED) is 0.773. The molecule has 1 aliphatic carbocycles. The topological polar surface area (TPSA) is 99.6 Å². The first-order valence-electron chi connectivity index (χ1n) is 6.93. The van der Waals surface area contributed by atoms with Gasteiger partial charge < -0.3 is 20.3 Å². The van der Waals surface area contributed by atoms with Crippen LogP contribution in [-0.4, -0.2) is 39.3 Å². The highest BCUT2D eigenvalue weighted by Gasteiger charge is 2.50. The molecule has 0 aromatic carbocycles. The van der Waals surface area contributed by atoms with Crippen LogP contribution in [0.5, 0.6) is 0 Å². The first-order chi connectivity index (χ1) is 9.91. The molecule has 0 bridgehead atoms. The average molecular weight is 293 g/mol. The zero-order valence-electron chi connectivity index (χ0n) is 12.0. The molecule has 3 rings (SSSR count). The van der Waals surface area contributed by atoms with Gasteiger partial charge in [0.05, 0.1) is 6.04 Å². The van der Waals surface area contributed by atoms with Gasteiger partial charge >= 0.3 is 5.69 Å². The smallest absolute Gasteiger partial charge is 0.350 e. The van der Waals surface area contributed by atoms with Crippen LogP contribution in [0.3, 0.4) is 0 Å². The lowest BCUT2D eigenvalue weighted by molar-refractivity contribution is -0.148. The molecule has 1 aromatic rings. The Bertz CT molecular complexity index is 637. The average Bonchev–Trinajstić information content (AvgIpc) is 2.85. The van der Waals surface area contributed by atoms with E-state index in [1.165, 1.54) is 4.57 Å². The molecule has 1 fully saturated rings. The number of ether oxygens (including phenoxy) is 2. The van der Waals surface area contributed by atoms with E-state index < -0.39 is 11.5 Å². The van der Waals surface area contributed by atoms with E-state index >= 15 is 0 Å². The minimum Gasteiger partial charge on any atom is -0.396 e. The summed E-state index contributed by atoms with van der Waals surface area (Å²) in [5.74, 6) is -0.526. The second-order valence-corrected chi connectivity index (χ2v) is 5.77. The Labute approximate surface area is 122 Å². The number of nitrogens with zero attached hydrogens (tertiary/aromatic N) is 2. The largest absolute Gasteiger partial charge is 0.396 e. The van der Waals surface area contributed by atoms with Crippen molar-refractivity contribution < 1.29 is 14.6 Å². The Morgan fingerprint density at radius 2 is 2.24 bits per heavy atom. The second kappa shape index (κ2) is 4.94. The maximum absolute atomic E-state index is 12.0. The summed E-state index contributed by atoms with van der Waals surface area (Å²) in [6, 6.07) is 1.27. The van der Waals surface area contributed by atoms with Crippen molar-refractivity contribution in [3.05, 3.63) is 34.4 Å². The molecule has 0 spiro atoms. The van der Waals surface area contributed by atoms with Crippen molar-refractivity contribution >= 4 is 5.82 Å². The van der Waals surface area contributed by atoms with Gasteiger partial charge in [0, 0.05) is 12.8 Å². The summed E-state index contributed by atoms with van der Waals surface area (Å²) in [6.45, 7) is 3.70. The van der Waals surface area contributed by atoms with E-state index in [4.69, 9.17) is 15.2 Å². The number of nitrogens with two attached hydrogens (primary N) is 1. The molecule has 21 heavy (non-hydrogen) atoms. The standard InChI is InChI=1S/C14H19N3O4/c1-14(2)20-11-8(4-6-18)7-9(12(11)21-14)17-5-3-10(15)16-13(17)19/h3,5,7,9,11-12,18H,4,6H2,1-2H3,(H2,15,16,19)/t9-,11-,12+/m1/s1. The molecule has 3 N–H and O–H groups in total. The molecule has 0 saturated carbocycles. The molecule has 0 unspecified atom stereocenters. The van der Waals surface area contributed by atoms with Gasteiger partial charge in [-0.3, -0.25) is 4.57 Å². The fraction of sp³-hybridized carbons (Fsp3) is 0.571. The molecule has 1 aliphatic heterocycles. The molecule has 0 radical (unpaired) electrons. The van der Waals surface area contributed by atoms with Crippen molar-refractivity contribution in [1.82, 2.24) is 9.55 Å². The summed E-state index contributed by atoms with van der Waals surface area (Å²) < 4.78 is 13.3. The third-order valence-corrected chi connectivity index (χ3v) is 3.79. The van der Waals surface area contributed by atoms with Crippen LogP contribution in [0.1, 0.15) is 26.3 Å². The van der Waals surface area contributed by atoms with Gasteiger partial charge in [0.1, 0.15) is 18.0 Å². The number of fused-ring (bicyclic) bond motifs is 1. The minimum atomic E-state index is -0.715. The maximum Gasteiger partial charge on any atom is 0.350 e. The Balaban J connectivity index is 1.99. The van der Waals surface area contributed by atoms with Crippen LogP contribution in [0.15, 0.2) is 28.7 Å². The van der Waals surface area contributed by atoms with Gasteiger partial charge in [-0.2, -0.15) is 4.98 Å². The Morgan fingerprint density at radius 1 is 1.48 bits per heavy atom. The Morgan fingerprint density at radius 3 is 2.90 bits per heavy atom. The lowest BCUT2D eigenvalue weighted by atomic mass is 10.1.